The number of benzene rings is 4. The van der Waals surface area contributed by atoms with E-state index in [4.69, 9.17) is 0 Å². The first kappa shape index (κ1) is 21.5. The summed E-state index contributed by atoms with van der Waals surface area (Å²) in [6.07, 6.45) is 1.57. The Morgan fingerprint density at radius 3 is 2.09 bits per heavy atom. The lowest BCUT2D eigenvalue weighted by Crippen LogP contribution is -2.49. The number of rotatable bonds is 7. The molecule has 5 rings (SSSR count). The van der Waals surface area contributed by atoms with Crippen LogP contribution in [0.15, 0.2) is 114 Å². The van der Waals surface area contributed by atoms with Crippen molar-refractivity contribution < 1.29 is 4.79 Å². The predicted molar refractivity (Wildman–Crippen MR) is 136 cm³/mol. The number of carbonyl (C=O) groups is 1. The van der Waals surface area contributed by atoms with Crippen molar-refractivity contribution in [3.8, 4) is 0 Å². The van der Waals surface area contributed by atoms with Crippen LogP contribution < -0.4 is 9.62 Å². The zero-order valence-corrected chi connectivity index (χ0v) is 19.2. The number of hydrogen-bond donors (Lipinski definition) is 1. The van der Waals surface area contributed by atoms with Crippen molar-refractivity contribution in [1.29, 1.82) is 0 Å². The molecule has 4 aromatic carbocycles. The Balaban J connectivity index is 1.43. The number of amides is 1. The Kier molecular flexibility index (Phi) is 6.56. The second-order valence-electron chi connectivity index (χ2n) is 8.33. The summed E-state index contributed by atoms with van der Waals surface area (Å²) in [7, 11) is 0. The Labute approximate surface area is 199 Å². The van der Waals surface area contributed by atoms with E-state index >= 15 is 0 Å². The van der Waals surface area contributed by atoms with Gasteiger partial charge in [0.05, 0.1) is 6.54 Å². The van der Waals surface area contributed by atoms with Gasteiger partial charge in [0, 0.05) is 10.6 Å². The lowest BCUT2D eigenvalue weighted by Gasteiger charge is -2.35. The SMILES string of the molecule is O=C1C(NSc2ccccc2)Cc2cc(Cc3ccccc3)ccc2N1Cc1ccccc1. The van der Waals surface area contributed by atoms with Crippen molar-refractivity contribution in [2.24, 2.45) is 0 Å². The third-order valence-electron chi connectivity index (χ3n) is 5.92. The van der Waals surface area contributed by atoms with Gasteiger partial charge in [0.15, 0.2) is 0 Å². The molecule has 1 amide bonds. The van der Waals surface area contributed by atoms with E-state index in [-0.39, 0.29) is 11.9 Å². The second-order valence-corrected chi connectivity index (χ2v) is 9.24. The molecular weight excluding hydrogens is 424 g/mol. The molecule has 0 radical (unpaired) electrons. The number of nitrogens with one attached hydrogen (secondary N) is 1. The van der Waals surface area contributed by atoms with E-state index in [1.165, 1.54) is 28.6 Å². The summed E-state index contributed by atoms with van der Waals surface area (Å²) in [5, 5.41) is 0. The van der Waals surface area contributed by atoms with Crippen molar-refractivity contribution in [3.63, 3.8) is 0 Å². The molecule has 1 unspecified atom stereocenters. The van der Waals surface area contributed by atoms with Gasteiger partial charge in [-0.15, -0.1) is 0 Å². The van der Waals surface area contributed by atoms with E-state index in [1.807, 2.05) is 47.4 Å². The van der Waals surface area contributed by atoms with E-state index in [2.05, 4.69) is 71.5 Å². The van der Waals surface area contributed by atoms with Crippen molar-refractivity contribution >= 4 is 23.5 Å². The highest BCUT2D eigenvalue weighted by Gasteiger charge is 2.33. The minimum atomic E-state index is -0.279. The van der Waals surface area contributed by atoms with Crippen LogP contribution in [0.2, 0.25) is 0 Å². The maximum absolute atomic E-state index is 13.5. The van der Waals surface area contributed by atoms with E-state index in [0.29, 0.717) is 13.0 Å². The molecule has 164 valence electrons. The maximum Gasteiger partial charge on any atom is 0.245 e. The maximum atomic E-state index is 13.5. The third-order valence-corrected chi connectivity index (χ3v) is 6.83. The van der Waals surface area contributed by atoms with Crippen molar-refractivity contribution in [1.82, 2.24) is 4.72 Å². The molecule has 0 saturated heterocycles. The fourth-order valence-electron chi connectivity index (χ4n) is 4.27. The molecule has 0 aromatic heterocycles. The van der Waals surface area contributed by atoms with E-state index in [0.717, 1.165) is 22.6 Å². The van der Waals surface area contributed by atoms with Gasteiger partial charge >= 0.3 is 0 Å². The van der Waals surface area contributed by atoms with Crippen LogP contribution >= 0.6 is 11.9 Å². The van der Waals surface area contributed by atoms with Crippen LogP contribution in [0.1, 0.15) is 22.3 Å². The highest BCUT2D eigenvalue weighted by Crippen LogP contribution is 2.32. The van der Waals surface area contributed by atoms with Gasteiger partial charge in [0.25, 0.3) is 0 Å². The topological polar surface area (TPSA) is 32.3 Å². The minimum absolute atomic E-state index is 0.116. The van der Waals surface area contributed by atoms with E-state index in [9.17, 15) is 4.79 Å². The van der Waals surface area contributed by atoms with Gasteiger partial charge in [-0.2, -0.15) is 0 Å². The number of nitrogens with zero attached hydrogens (tertiary/aromatic N) is 1. The quantitative estimate of drug-likeness (QED) is 0.349. The number of carbonyl (C=O) groups excluding carboxylic acids is 1. The number of hydrogen-bond acceptors (Lipinski definition) is 3. The van der Waals surface area contributed by atoms with Crippen LogP contribution in [0.5, 0.6) is 0 Å². The molecule has 1 aliphatic rings. The monoisotopic (exact) mass is 450 g/mol. The molecule has 1 aliphatic heterocycles. The van der Waals surface area contributed by atoms with Gasteiger partial charge in [0.2, 0.25) is 5.91 Å². The van der Waals surface area contributed by atoms with Gasteiger partial charge in [0.1, 0.15) is 6.04 Å². The normalized spacial score (nSPS) is 15.3. The molecule has 0 saturated carbocycles. The van der Waals surface area contributed by atoms with Crippen LogP contribution in [-0.4, -0.2) is 11.9 Å². The molecule has 4 aromatic rings. The first-order chi connectivity index (χ1) is 16.3. The Morgan fingerprint density at radius 1 is 0.758 bits per heavy atom. The highest BCUT2D eigenvalue weighted by molar-refractivity contribution is 7.97. The van der Waals surface area contributed by atoms with Crippen molar-refractivity contribution in [3.05, 3.63) is 131 Å². The number of anilines is 1. The standard InChI is InChI=1S/C29H26N2OS/c32-29-27(30-33-26-14-8-3-9-15-26)20-25-19-24(18-22-10-4-1-5-11-22)16-17-28(25)31(29)21-23-12-6-2-7-13-23/h1-17,19,27,30H,18,20-21H2. The Morgan fingerprint density at radius 2 is 1.39 bits per heavy atom. The van der Waals surface area contributed by atoms with E-state index < -0.39 is 0 Å². The summed E-state index contributed by atoms with van der Waals surface area (Å²) >= 11 is 1.52. The Hall–Kier alpha value is -3.34. The van der Waals surface area contributed by atoms with Gasteiger partial charge < -0.3 is 4.90 Å². The molecule has 0 bridgehead atoms. The molecule has 4 heteroatoms. The predicted octanol–water partition coefficient (Wildman–Crippen LogP) is 6.03. The van der Waals surface area contributed by atoms with Crippen LogP contribution in [0.3, 0.4) is 0 Å². The zero-order chi connectivity index (χ0) is 22.5. The smallest absolute Gasteiger partial charge is 0.245 e. The summed E-state index contributed by atoms with van der Waals surface area (Å²) in [5.74, 6) is 0.116. The molecule has 0 spiro atoms. The first-order valence-electron chi connectivity index (χ1n) is 11.2. The minimum Gasteiger partial charge on any atom is -0.306 e. The average molecular weight is 451 g/mol. The molecule has 0 aliphatic carbocycles. The second kappa shape index (κ2) is 10.1. The summed E-state index contributed by atoms with van der Waals surface area (Å²) in [5.41, 5.74) is 5.92. The lowest BCUT2D eigenvalue weighted by molar-refractivity contribution is -0.120. The average Bonchev–Trinajstić information content (AvgIpc) is 2.86. The fourth-order valence-corrected chi connectivity index (χ4v) is 5.03. The van der Waals surface area contributed by atoms with Crippen LogP contribution in [0.4, 0.5) is 5.69 Å². The van der Waals surface area contributed by atoms with E-state index in [1.54, 1.807) is 0 Å². The number of fused-ring (bicyclic) bond motifs is 1. The van der Waals surface area contributed by atoms with Crippen LogP contribution in [-0.2, 0) is 24.2 Å². The van der Waals surface area contributed by atoms with Crippen molar-refractivity contribution in [2.45, 2.75) is 30.3 Å². The van der Waals surface area contributed by atoms with Gasteiger partial charge in [-0.25, -0.2) is 4.72 Å². The molecule has 0 fully saturated rings. The molecule has 1 heterocycles. The van der Waals surface area contributed by atoms with Crippen LogP contribution in [0, 0.1) is 0 Å². The third kappa shape index (κ3) is 5.19. The zero-order valence-electron chi connectivity index (χ0n) is 18.4. The largest absolute Gasteiger partial charge is 0.306 e. The summed E-state index contributed by atoms with van der Waals surface area (Å²) in [6.45, 7) is 0.568. The van der Waals surface area contributed by atoms with Gasteiger partial charge in [-0.3, -0.25) is 4.79 Å². The summed E-state index contributed by atoms with van der Waals surface area (Å²) < 4.78 is 3.44. The van der Waals surface area contributed by atoms with Crippen molar-refractivity contribution in [2.75, 3.05) is 4.90 Å². The molecule has 1 N–H and O–H groups in total. The van der Waals surface area contributed by atoms with Gasteiger partial charge in [-0.05, 0) is 65.2 Å². The molecule has 3 nitrogen and oxygen atoms in total. The highest BCUT2D eigenvalue weighted by atomic mass is 32.2. The molecule has 33 heavy (non-hydrogen) atoms. The Bertz CT molecular complexity index is 1210. The molecule has 1 atom stereocenters. The summed E-state index contributed by atoms with van der Waals surface area (Å²) in [4.78, 5) is 16.6. The first-order valence-corrected chi connectivity index (χ1v) is 12.1. The van der Waals surface area contributed by atoms with Crippen LogP contribution in [0.25, 0.3) is 0 Å². The summed E-state index contributed by atoms with van der Waals surface area (Å²) in [6, 6.07) is 37.1. The fraction of sp³-hybridized carbons (Fsp3) is 0.138. The molecular formula is C29H26N2OS. The van der Waals surface area contributed by atoms with Gasteiger partial charge in [-0.1, -0.05) is 91.0 Å². The lowest BCUT2D eigenvalue weighted by atomic mass is 9.93.